The van der Waals surface area contributed by atoms with Crippen molar-refractivity contribution in [2.24, 2.45) is 0 Å². The molecule has 3 unspecified atom stereocenters. The summed E-state index contributed by atoms with van der Waals surface area (Å²) in [6, 6.07) is 9.42. The standard InChI is InChI=1S/C35H41N3O8/c1-18(35(41)38-25-11-8-20-14-29(42-3)30(43-4)17-23(20)25)36-27-13-10-22-24(16-28(27)40)26(37-19(2)39)12-9-21-15-31(44-5)33(45-6)34(46-7)32(21)22/h10,13-18,25-26H,8-9,11-12H2,1-7H3,(H,36,40)(H,37,39)(H,38,41). The summed E-state index contributed by atoms with van der Waals surface area (Å²) in [6.07, 6.45) is 2.67. The van der Waals surface area contributed by atoms with Crippen molar-refractivity contribution in [2.45, 2.75) is 57.7 Å². The lowest BCUT2D eigenvalue weighted by Crippen LogP contribution is -2.39. The molecule has 3 aromatic rings. The van der Waals surface area contributed by atoms with Crippen molar-refractivity contribution in [3.63, 3.8) is 0 Å². The van der Waals surface area contributed by atoms with E-state index in [1.165, 1.54) is 20.1 Å². The van der Waals surface area contributed by atoms with Crippen molar-refractivity contribution in [2.75, 3.05) is 40.9 Å². The van der Waals surface area contributed by atoms with E-state index in [0.717, 1.165) is 35.1 Å². The summed E-state index contributed by atoms with van der Waals surface area (Å²) >= 11 is 0. The normalized spacial score (nSPS) is 16.8. The van der Waals surface area contributed by atoms with E-state index >= 15 is 0 Å². The molecule has 11 heteroatoms. The molecular formula is C35H41N3O8. The smallest absolute Gasteiger partial charge is 0.242 e. The monoisotopic (exact) mass is 631 g/mol. The van der Waals surface area contributed by atoms with Gasteiger partial charge in [0.25, 0.3) is 0 Å². The molecule has 3 atom stereocenters. The average molecular weight is 632 g/mol. The third-order valence-corrected chi connectivity index (χ3v) is 8.72. The van der Waals surface area contributed by atoms with Gasteiger partial charge in [0, 0.05) is 12.5 Å². The molecule has 46 heavy (non-hydrogen) atoms. The van der Waals surface area contributed by atoms with E-state index < -0.39 is 12.1 Å². The Bertz CT molecular complexity index is 1720. The van der Waals surface area contributed by atoms with Gasteiger partial charge in [-0.05, 0) is 90.8 Å². The molecule has 0 radical (unpaired) electrons. The lowest BCUT2D eigenvalue weighted by atomic mass is 9.95. The summed E-state index contributed by atoms with van der Waals surface area (Å²) in [6.45, 7) is 3.17. The van der Waals surface area contributed by atoms with Gasteiger partial charge in [0.15, 0.2) is 23.0 Å². The van der Waals surface area contributed by atoms with Crippen LogP contribution in [0.25, 0.3) is 11.1 Å². The molecule has 0 aliphatic heterocycles. The van der Waals surface area contributed by atoms with Crippen molar-refractivity contribution in [1.29, 1.82) is 0 Å². The maximum Gasteiger partial charge on any atom is 0.242 e. The van der Waals surface area contributed by atoms with Gasteiger partial charge in [-0.3, -0.25) is 14.4 Å². The number of fused-ring (bicyclic) bond motifs is 4. The Balaban J connectivity index is 1.49. The number of benzene rings is 2. The van der Waals surface area contributed by atoms with Gasteiger partial charge in [-0.1, -0.05) is 6.07 Å². The number of methoxy groups -OCH3 is 5. The zero-order valence-electron chi connectivity index (χ0n) is 27.3. The van der Waals surface area contributed by atoms with Crippen LogP contribution < -0.4 is 45.1 Å². The molecule has 5 rings (SSSR count). The fraction of sp³-hybridized carbons (Fsp3) is 0.400. The van der Waals surface area contributed by atoms with Gasteiger partial charge in [0.1, 0.15) is 6.04 Å². The van der Waals surface area contributed by atoms with Crippen LogP contribution in [0.4, 0.5) is 5.69 Å². The summed E-state index contributed by atoms with van der Waals surface area (Å²) in [5.74, 6) is 2.21. The number of rotatable bonds is 10. The summed E-state index contributed by atoms with van der Waals surface area (Å²) in [4.78, 5) is 39.4. The highest BCUT2D eigenvalue weighted by molar-refractivity contribution is 5.86. The maximum absolute atomic E-state index is 13.7. The third kappa shape index (κ3) is 6.14. The Kier molecular flexibility index (Phi) is 9.60. The number of carbonyl (C=O) groups excluding carboxylic acids is 2. The Morgan fingerprint density at radius 2 is 1.35 bits per heavy atom. The van der Waals surface area contributed by atoms with Gasteiger partial charge in [0.2, 0.25) is 23.0 Å². The summed E-state index contributed by atoms with van der Waals surface area (Å²) in [7, 11) is 7.84. The van der Waals surface area contributed by atoms with Gasteiger partial charge in [-0.25, -0.2) is 0 Å². The van der Waals surface area contributed by atoms with Crippen LogP contribution in [0.2, 0.25) is 0 Å². The molecule has 0 heterocycles. The van der Waals surface area contributed by atoms with E-state index in [1.807, 2.05) is 24.3 Å². The van der Waals surface area contributed by atoms with E-state index in [2.05, 4.69) is 16.0 Å². The second-order valence-corrected chi connectivity index (χ2v) is 11.5. The maximum atomic E-state index is 13.7. The molecule has 0 spiro atoms. The molecule has 0 fully saturated rings. The molecule has 3 aromatic carbocycles. The number of nitrogens with one attached hydrogen (secondary N) is 3. The topological polar surface area (TPSA) is 133 Å². The van der Waals surface area contributed by atoms with Gasteiger partial charge in [-0.15, -0.1) is 0 Å². The van der Waals surface area contributed by atoms with Crippen LogP contribution in [0.5, 0.6) is 28.7 Å². The average Bonchev–Trinajstić information content (AvgIpc) is 3.28. The van der Waals surface area contributed by atoms with Crippen LogP contribution in [0, 0.1) is 0 Å². The first-order valence-corrected chi connectivity index (χ1v) is 15.2. The molecule has 244 valence electrons. The summed E-state index contributed by atoms with van der Waals surface area (Å²) in [5.41, 5.74) is 5.04. The molecule has 0 bridgehead atoms. The van der Waals surface area contributed by atoms with Crippen LogP contribution in [-0.4, -0.2) is 53.4 Å². The molecule has 2 aliphatic carbocycles. The predicted molar refractivity (Wildman–Crippen MR) is 175 cm³/mol. The lowest BCUT2D eigenvalue weighted by molar-refractivity contribution is -0.122. The summed E-state index contributed by atoms with van der Waals surface area (Å²) < 4.78 is 28.0. The molecule has 0 saturated heterocycles. The van der Waals surface area contributed by atoms with E-state index in [1.54, 1.807) is 41.4 Å². The Hall–Kier alpha value is -4.93. The van der Waals surface area contributed by atoms with Gasteiger partial charge < -0.3 is 39.6 Å². The predicted octanol–water partition coefficient (Wildman–Crippen LogP) is 4.48. The highest BCUT2D eigenvalue weighted by atomic mass is 16.5. The molecule has 0 aromatic heterocycles. The Morgan fingerprint density at radius 1 is 0.739 bits per heavy atom. The van der Waals surface area contributed by atoms with Crippen molar-refractivity contribution in [3.8, 4) is 39.9 Å². The molecule has 2 aliphatic rings. The third-order valence-electron chi connectivity index (χ3n) is 8.72. The molecule has 2 amide bonds. The molecule has 11 nitrogen and oxygen atoms in total. The van der Waals surface area contributed by atoms with Crippen LogP contribution in [0.3, 0.4) is 0 Å². The van der Waals surface area contributed by atoms with Crippen molar-refractivity contribution >= 4 is 17.5 Å². The Morgan fingerprint density at radius 3 is 1.98 bits per heavy atom. The zero-order valence-corrected chi connectivity index (χ0v) is 27.3. The van der Waals surface area contributed by atoms with Crippen molar-refractivity contribution in [3.05, 3.63) is 68.9 Å². The van der Waals surface area contributed by atoms with Crippen molar-refractivity contribution < 1.29 is 33.3 Å². The van der Waals surface area contributed by atoms with E-state index in [0.29, 0.717) is 52.7 Å². The number of aryl methyl sites for hydroxylation is 2. The minimum atomic E-state index is -0.726. The van der Waals surface area contributed by atoms with Crippen LogP contribution in [-0.2, 0) is 22.4 Å². The number of carbonyl (C=O) groups is 2. The first-order valence-electron chi connectivity index (χ1n) is 15.2. The first kappa shape index (κ1) is 32.5. The quantitative estimate of drug-likeness (QED) is 0.296. The fourth-order valence-corrected chi connectivity index (χ4v) is 6.51. The van der Waals surface area contributed by atoms with E-state index in [4.69, 9.17) is 23.7 Å². The fourth-order valence-electron chi connectivity index (χ4n) is 6.51. The second-order valence-electron chi connectivity index (χ2n) is 11.5. The van der Waals surface area contributed by atoms with Crippen molar-refractivity contribution in [1.82, 2.24) is 10.6 Å². The largest absolute Gasteiger partial charge is 0.493 e. The first-order chi connectivity index (χ1) is 22.1. The SMILES string of the molecule is COc1cc2c(cc1OC)C(NC(=O)C(C)Nc1ccc3c(cc1=O)C(NC(C)=O)CCc1cc(OC)c(OC)c(OC)c1-3)CC2. The minimum Gasteiger partial charge on any atom is -0.493 e. The van der Waals surface area contributed by atoms with Gasteiger partial charge in [0.05, 0.1) is 53.3 Å². The van der Waals surface area contributed by atoms with Gasteiger partial charge in [-0.2, -0.15) is 0 Å². The van der Waals surface area contributed by atoms with E-state index in [9.17, 15) is 14.4 Å². The number of anilines is 1. The van der Waals surface area contributed by atoms with Crippen LogP contribution in [0.15, 0.2) is 41.2 Å². The molecule has 0 saturated carbocycles. The molecular weight excluding hydrogens is 590 g/mol. The summed E-state index contributed by atoms with van der Waals surface area (Å²) in [5, 5.41) is 9.26. The zero-order chi connectivity index (χ0) is 33.1. The number of hydrogen-bond acceptors (Lipinski definition) is 9. The molecule has 3 N–H and O–H groups in total. The number of amides is 2. The number of ether oxygens (including phenoxy) is 5. The Labute approximate surface area is 268 Å². The van der Waals surface area contributed by atoms with Crippen LogP contribution in [0.1, 0.15) is 61.0 Å². The highest BCUT2D eigenvalue weighted by Gasteiger charge is 2.31. The van der Waals surface area contributed by atoms with E-state index in [-0.39, 0.29) is 29.0 Å². The second kappa shape index (κ2) is 13.6. The number of hydrogen-bond donors (Lipinski definition) is 3. The highest BCUT2D eigenvalue weighted by Crippen LogP contribution is 2.50. The lowest BCUT2D eigenvalue weighted by Gasteiger charge is -2.20. The minimum absolute atomic E-state index is 0.199. The van der Waals surface area contributed by atoms with Gasteiger partial charge >= 0.3 is 0 Å². The van der Waals surface area contributed by atoms with Crippen LogP contribution >= 0.6 is 0 Å².